The smallest absolute Gasteiger partial charge is 0.256 e. The van der Waals surface area contributed by atoms with Crippen LogP contribution in [0.25, 0.3) is 0 Å². The van der Waals surface area contributed by atoms with Crippen molar-refractivity contribution in [3.63, 3.8) is 0 Å². The van der Waals surface area contributed by atoms with Crippen LogP contribution in [0.3, 0.4) is 0 Å². The molecule has 0 aromatic heterocycles. The molecule has 1 aromatic rings. The molecule has 5 heteroatoms. The van der Waals surface area contributed by atoms with Gasteiger partial charge in [-0.25, -0.2) is 0 Å². The fraction of sp³-hybridized carbons (Fsp3) is 0.500. The number of epoxide rings is 1. The lowest BCUT2D eigenvalue weighted by Crippen LogP contribution is -2.19. The van der Waals surface area contributed by atoms with E-state index < -0.39 is 0 Å². The Morgan fingerprint density at radius 1 is 1.37 bits per heavy atom. The maximum atomic E-state index is 11.9. The summed E-state index contributed by atoms with van der Waals surface area (Å²) < 4.78 is 15.9. The van der Waals surface area contributed by atoms with Gasteiger partial charge in [0.25, 0.3) is 5.91 Å². The van der Waals surface area contributed by atoms with Crippen LogP contribution in [0.4, 0.5) is 5.69 Å². The molecule has 0 aliphatic carbocycles. The zero-order chi connectivity index (χ0) is 13.2. The van der Waals surface area contributed by atoms with Gasteiger partial charge in [-0.15, -0.1) is 0 Å². The van der Waals surface area contributed by atoms with Crippen molar-refractivity contribution in [2.45, 2.75) is 38.4 Å². The van der Waals surface area contributed by atoms with Gasteiger partial charge >= 0.3 is 0 Å². The van der Waals surface area contributed by atoms with Gasteiger partial charge in [0.15, 0.2) is 17.6 Å². The zero-order valence-electron chi connectivity index (χ0n) is 10.8. The lowest BCUT2D eigenvalue weighted by atomic mass is 10.1. The van der Waals surface area contributed by atoms with Gasteiger partial charge in [0.2, 0.25) is 6.79 Å². The summed E-state index contributed by atoms with van der Waals surface area (Å²) in [5, 5.41) is 2.84. The van der Waals surface area contributed by atoms with E-state index in [9.17, 15) is 4.79 Å². The fourth-order valence-corrected chi connectivity index (χ4v) is 2.19. The van der Waals surface area contributed by atoms with Gasteiger partial charge in [0.05, 0.1) is 6.10 Å². The molecule has 2 aliphatic heterocycles. The summed E-state index contributed by atoms with van der Waals surface area (Å²) in [6, 6.07) is 5.36. The summed E-state index contributed by atoms with van der Waals surface area (Å²) in [6.45, 7) is 2.36. The minimum Gasteiger partial charge on any atom is -0.454 e. The maximum absolute atomic E-state index is 11.9. The molecule has 102 valence electrons. The van der Waals surface area contributed by atoms with Gasteiger partial charge in [-0.1, -0.05) is 19.8 Å². The molecule has 3 rings (SSSR count). The molecule has 1 saturated heterocycles. The van der Waals surface area contributed by atoms with Crippen molar-refractivity contribution < 1.29 is 19.0 Å². The van der Waals surface area contributed by atoms with Crippen molar-refractivity contribution in [2.24, 2.45) is 0 Å². The molecule has 1 aromatic carbocycles. The first-order valence-electron chi connectivity index (χ1n) is 6.64. The van der Waals surface area contributed by atoms with Crippen LogP contribution >= 0.6 is 0 Å². The van der Waals surface area contributed by atoms with Gasteiger partial charge in [-0.3, -0.25) is 4.79 Å². The normalized spacial score (nSPS) is 23.2. The summed E-state index contributed by atoms with van der Waals surface area (Å²) >= 11 is 0. The van der Waals surface area contributed by atoms with Gasteiger partial charge in [0.1, 0.15) is 0 Å². The Hall–Kier alpha value is -1.75. The van der Waals surface area contributed by atoms with Crippen LogP contribution < -0.4 is 14.8 Å². The van der Waals surface area contributed by atoms with Crippen molar-refractivity contribution in [1.29, 1.82) is 0 Å². The molecule has 5 nitrogen and oxygen atoms in total. The highest BCUT2D eigenvalue weighted by Gasteiger charge is 2.44. The van der Waals surface area contributed by atoms with E-state index >= 15 is 0 Å². The third kappa shape index (κ3) is 2.66. The quantitative estimate of drug-likeness (QED) is 0.828. The predicted octanol–water partition coefficient (Wildman–Crippen LogP) is 2.31. The largest absolute Gasteiger partial charge is 0.454 e. The number of amides is 1. The fourth-order valence-electron chi connectivity index (χ4n) is 2.19. The number of rotatable bonds is 5. The molecular formula is C14H17NO4. The second-order valence-corrected chi connectivity index (χ2v) is 4.79. The van der Waals surface area contributed by atoms with E-state index in [1.807, 2.05) is 0 Å². The number of fused-ring (bicyclic) bond motifs is 1. The summed E-state index contributed by atoms with van der Waals surface area (Å²) in [5.41, 5.74) is 0.707. The van der Waals surface area contributed by atoms with Crippen LogP contribution in [-0.4, -0.2) is 24.9 Å². The summed E-state index contributed by atoms with van der Waals surface area (Å²) in [6.07, 6.45) is 2.97. The van der Waals surface area contributed by atoms with Crippen molar-refractivity contribution in [3.05, 3.63) is 18.2 Å². The lowest BCUT2D eigenvalue weighted by Gasteiger charge is -2.04. The molecule has 1 N–H and O–H groups in total. The van der Waals surface area contributed by atoms with Crippen LogP contribution in [0.15, 0.2) is 18.2 Å². The molecule has 0 bridgehead atoms. The first kappa shape index (κ1) is 12.3. The molecule has 0 unspecified atom stereocenters. The van der Waals surface area contributed by atoms with Crippen molar-refractivity contribution in [2.75, 3.05) is 12.1 Å². The molecule has 0 saturated carbocycles. The van der Waals surface area contributed by atoms with E-state index in [4.69, 9.17) is 14.2 Å². The van der Waals surface area contributed by atoms with Gasteiger partial charge in [-0.05, 0) is 18.6 Å². The van der Waals surface area contributed by atoms with E-state index in [-0.39, 0.29) is 24.9 Å². The number of anilines is 1. The number of ether oxygens (including phenoxy) is 3. The van der Waals surface area contributed by atoms with Gasteiger partial charge in [-0.2, -0.15) is 0 Å². The molecule has 1 fully saturated rings. The monoisotopic (exact) mass is 263 g/mol. The van der Waals surface area contributed by atoms with Crippen molar-refractivity contribution >= 4 is 11.6 Å². The van der Waals surface area contributed by atoms with Crippen LogP contribution in [0.5, 0.6) is 11.5 Å². The Kier molecular flexibility index (Phi) is 3.29. The molecule has 2 atom stereocenters. The summed E-state index contributed by atoms with van der Waals surface area (Å²) in [5.74, 6) is 1.29. The standard InChI is InChI=1S/C14H17NO4/c1-2-3-4-11-13(19-11)14(16)15-9-5-6-10-12(7-9)18-8-17-10/h5-7,11,13H,2-4,8H2,1H3,(H,15,16)/t11-,13-/m0/s1. The Morgan fingerprint density at radius 2 is 2.21 bits per heavy atom. The summed E-state index contributed by atoms with van der Waals surface area (Å²) in [7, 11) is 0. The average Bonchev–Trinajstić information content (AvgIpc) is 3.05. The number of benzene rings is 1. The molecule has 0 radical (unpaired) electrons. The predicted molar refractivity (Wildman–Crippen MR) is 69.4 cm³/mol. The third-order valence-corrected chi connectivity index (χ3v) is 3.32. The number of unbranched alkanes of at least 4 members (excludes halogenated alkanes) is 1. The molecule has 1 amide bonds. The highest BCUT2D eigenvalue weighted by Crippen LogP contribution is 2.35. The van der Waals surface area contributed by atoms with Gasteiger partial charge < -0.3 is 19.5 Å². The third-order valence-electron chi connectivity index (χ3n) is 3.32. The van der Waals surface area contributed by atoms with Crippen LogP contribution in [0.2, 0.25) is 0 Å². The number of carbonyl (C=O) groups excluding carboxylic acids is 1. The zero-order valence-corrected chi connectivity index (χ0v) is 10.8. The van der Waals surface area contributed by atoms with Crippen LogP contribution in [-0.2, 0) is 9.53 Å². The number of hydrogen-bond donors (Lipinski definition) is 1. The van der Waals surface area contributed by atoms with Crippen molar-refractivity contribution in [1.82, 2.24) is 0 Å². The lowest BCUT2D eigenvalue weighted by molar-refractivity contribution is -0.117. The minimum absolute atomic E-state index is 0.0834. The second kappa shape index (κ2) is 5.09. The van der Waals surface area contributed by atoms with E-state index in [0.717, 1.165) is 19.3 Å². The Bertz CT molecular complexity index is 488. The number of nitrogens with one attached hydrogen (secondary N) is 1. The molecule has 19 heavy (non-hydrogen) atoms. The first-order valence-corrected chi connectivity index (χ1v) is 6.64. The topological polar surface area (TPSA) is 60.1 Å². The van der Waals surface area contributed by atoms with Crippen LogP contribution in [0.1, 0.15) is 26.2 Å². The van der Waals surface area contributed by atoms with E-state index in [0.29, 0.717) is 17.2 Å². The Labute approximate surface area is 111 Å². The van der Waals surface area contributed by atoms with Crippen molar-refractivity contribution in [3.8, 4) is 11.5 Å². The molecular weight excluding hydrogens is 246 g/mol. The number of hydrogen-bond acceptors (Lipinski definition) is 4. The van der Waals surface area contributed by atoms with E-state index in [1.54, 1.807) is 18.2 Å². The number of carbonyl (C=O) groups is 1. The van der Waals surface area contributed by atoms with E-state index in [1.165, 1.54) is 0 Å². The molecule has 0 spiro atoms. The second-order valence-electron chi connectivity index (χ2n) is 4.79. The average molecular weight is 263 g/mol. The van der Waals surface area contributed by atoms with E-state index in [2.05, 4.69) is 12.2 Å². The maximum Gasteiger partial charge on any atom is 0.256 e. The summed E-state index contributed by atoms with van der Waals surface area (Å²) in [4.78, 5) is 11.9. The minimum atomic E-state index is -0.294. The van der Waals surface area contributed by atoms with Crippen LogP contribution in [0, 0.1) is 0 Å². The SMILES string of the molecule is CCCC[C@@H]1O[C@@H]1C(=O)Nc1ccc2c(c1)OCO2. The van der Waals surface area contributed by atoms with Gasteiger partial charge in [0, 0.05) is 11.8 Å². The Morgan fingerprint density at radius 3 is 3.05 bits per heavy atom. The highest BCUT2D eigenvalue weighted by molar-refractivity contribution is 5.96. The molecule has 2 aliphatic rings. The Balaban J connectivity index is 1.56. The molecule has 2 heterocycles. The highest BCUT2D eigenvalue weighted by atomic mass is 16.7. The first-order chi connectivity index (χ1) is 9.28.